The molecule has 32 heavy (non-hydrogen) atoms. The summed E-state index contributed by atoms with van der Waals surface area (Å²) in [7, 11) is -3.96. The number of nitro benzene ring substituents is 1. The topological polar surface area (TPSA) is 117 Å². The summed E-state index contributed by atoms with van der Waals surface area (Å²) in [5, 5.41) is 15.4. The van der Waals surface area contributed by atoms with Crippen LogP contribution in [0.15, 0.2) is 52.5 Å². The molecule has 0 saturated carbocycles. The molecule has 0 unspecified atom stereocenters. The third-order valence-corrected chi connectivity index (χ3v) is 7.12. The van der Waals surface area contributed by atoms with Crippen molar-refractivity contribution in [3.63, 3.8) is 0 Å². The van der Waals surface area contributed by atoms with Gasteiger partial charge in [-0.1, -0.05) is 12.1 Å². The molecular weight excluding hydrogens is 434 g/mol. The smallest absolute Gasteiger partial charge is 0.270 e. The fourth-order valence-electron chi connectivity index (χ4n) is 3.39. The Hall–Kier alpha value is -3.02. The van der Waals surface area contributed by atoms with Gasteiger partial charge in [-0.2, -0.15) is 9.41 Å². The highest BCUT2D eigenvalue weighted by Gasteiger charge is 2.30. The van der Waals surface area contributed by atoms with E-state index in [0.717, 1.165) is 30.4 Å². The molecular formula is C21H27N5O5S. The van der Waals surface area contributed by atoms with Crippen molar-refractivity contribution in [3.8, 4) is 0 Å². The van der Waals surface area contributed by atoms with E-state index in [-0.39, 0.29) is 42.6 Å². The molecule has 3 rings (SSSR count). The Kier molecular flexibility index (Phi) is 7.78. The molecule has 0 amide bonds. The van der Waals surface area contributed by atoms with Crippen LogP contribution in [0, 0.1) is 10.1 Å². The molecule has 0 atom stereocenters. The zero-order valence-electron chi connectivity index (χ0n) is 18.1. The summed E-state index contributed by atoms with van der Waals surface area (Å²) in [6, 6.07) is 11.5. The van der Waals surface area contributed by atoms with Crippen molar-refractivity contribution in [2.24, 2.45) is 5.10 Å². The van der Waals surface area contributed by atoms with E-state index in [0.29, 0.717) is 0 Å². The average Bonchev–Trinajstić information content (AvgIpc) is 2.81. The predicted molar refractivity (Wildman–Crippen MR) is 124 cm³/mol. The highest BCUT2D eigenvalue weighted by molar-refractivity contribution is 7.89. The second kappa shape index (κ2) is 10.5. The molecule has 11 heteroatoms. The molecule has 172 valence electrons. The molecule has 0 radical (unpaired) electrons. The van der Waals surface area contributed by atoms with E-state index in [2.05, 4.69) is 29.3 Å². The number of nitro groups is 1. The summed E-state index contributed by atoms with van der Waals surface area (Å²) in [4.78, 5) is 12.6. The van der Waals surface area contributed by atoms with Gasteiger partial charge < -0.3 is 9.64 Å². The standard InChI is InChI=1S/C21H27N5O5S/c1-3-24(4-2)18-7-5-17(6-8-18)16-22-23-20-10-9-19(26(27)28)15-21(20)32(29,30)25-11-13-31-14-12-25/h5-10,15-16,23H,3-4,11-14H2,1-2H3. The summed E-state index contributed by atoms with van der Waals surface area (Å²) in [6.07, 6.45) is 1.57. The Morgan fingerprint density at radius 3 is 2.41 bits per heavy atom. The second-order valence-corrected chi connectivity index (χ2v) is 8.99. The first-order valence-electron chi connectivity index (χ1n) is 10.4. The van der Waals surface area contributed by atoms with Crippen LogP contribution < -0.4 is 10.3 Å². The van der Waals surface area contributed by atoms with Crippen molar-refractivity contribution >= 4 is 33.3 Å². The maximum atomic E-state index is 13.1. The molecule has 1 fully saturated rings. The number of sulfonamides is 1. The van der Waals surface area contributed by atoms with Crippen molar-refractivity contribution in [2.45, 2.75) is 18.7 Å². The lowest BCUT2D eigenvalue weighted by Crippen LogP contribution is -2.40. The van der Waals surface area contributed by atoms with Gasteiger partial charge in [0.2, 0.25) is 10.0 Å². The Morgan fingerprint density at radius 1 is 1.16 bits per heavy atom. The summed E-state index contributed by atoms with van der Waals surface area (Å²) in [5.74, 6) is 0. The lowest BCUT2D eigenvalue weighted by Gasteiger charge is -2.26. The van der Waals surface area contributed by atoms with Crippen molar-refractivity contribution < 1.29 is 18.1 Å². The van der Waals surface area contributed by atoms with Gasteiger partial charge in [-0.05, 0) is 37.6 Å². The number of hydrazone groups is 1. The minimum atomic E-state index is -3.96. The SMILES string of the molecule is CCN(CC)c1ccc(C=NNc2ccc([N+](=O)[O-])cc2S(=O)(=O)N2CCOCC2)cc1. The van der Waals surface area contributed by atoms with Gasteiger partial charge in [0, 0.05) is 44.0 Å². The van der Waals surface area contributed by atoms with Gasteiger partial charge in [-0.15, -0.1) is 0 Å². The van der Waals surface area contributed by atoms with Crippen molar-refractivity contribution in [3.05, 3.63) is 58.1 Å². The van der Waals surface area contributed by atoms with Crippen LogP contribution in [0.1, 0.15) is 19.4 Å². The quantitative estimate of drug-likeness (QED) is 0.347. The van der Waals surface area contributed by atoms with Gasteiger partial charge in [0.05, 0.1) is 30.0 Å². The molecule has 10 nitrogen and oxygen atoms in total. The van der Waals surface area contributed by atoms with Crippen LogP contribution >= 0.6 is 0 Å². The molecule has 2 aromatic rings. The first-order chi connectivity index (χ1) is 15.4. The van der Waals surface area contributed by atoms with E-state index in [9.17, 15) is 18.5 Å². The van der Waals surface area contributed by atoms with Crippen LogP contribution in [-0.4, -0.2) is 63.3 Å². The van der Waals surface area contributed by atoms with Crippen LogP contribution in [-0.2, 0) is 14.8 Å². The van der Waals surface area contributed by atoms with Gasteiger partial charge in [-0.3, -0.25) is 15.5 Å². The maximum absolute atomic E-state index is 13.1. The van der Waals surface area contributed by atoms with Crippen LogP contribution in [0.5, 0.6) is 0 Å². The van der Waals surface area contributed by atoms with Crippen LogP contribution in [0.2, 0.25) is 0 Å². The first kappa shape index (κ1) is 23.6. The second-order valence-electron chi connectivity index (χ2n) is 7.09. The summed E-state index contributed by atoms with van der Waals surface area (Å²) in [6.45, 7) is 6.93. The highest BCUT2D eigenvalue weighted by atomic mass is 32.2. The number of nitrogens with one attached hydrogen (secondary N) is 1. The number of rotatable bonds is 9. The lowest BCUT2D eigenvalue weighted by molar-refractivity contribution is -0.385. The maximum Gasteiger partial charge on any atom is 0.270 e. The Bertz CT molecular complexity index is 1060. The third kappa shape index (κ3) is 5.42. The Balaban J connectivity index is 1.83. The molecule has 1 N–H and O–H groups in total. The van der Waals surface area contributed by atoms with Gasteiger partial charge >= 0.3 is 0 Å². The Morgan fingerprint density at radius 2 is 1.81 bits per heavy atom. The van der Waals surface area contributed by atoms with E-state index in [1.54, 1.807) is 6.21 Å². The molecule has 1 aliphatic rings. The number of non-ortho nitro benzene ring substituents is 1. The number of morpholine rings is 1. The number of benzene rings is 2. The fraction of sp³-hybridized carbons (Fsp3) is 0.381. The molecule has 0 aliphatic carbocycles. The van der Waals surface area contributed by atoms with Crippen LogP contribution in [0.25, 0.3) is 0 Å². The number of anilines is 2. The van der Waals surface area contributed by atoms with E-state index in [1.165, 1.54) is 16.4 Å². The number of nitrogens with zero attached hydrogens (tertiary/aromatic N) is 4. The zero-order valence-corrected chi connectivity index (χ0v) is 18.9. The third-order valence-electron chi connectivity index (χ3n) is 5.18. The van der Waals surface area contributed by atoms with Gasteiger partial charge in [-0.25, -0.2) is 8.42 Å². The Labute approximate surface area is 187 Å². The van der Waals surface area contributed by atoms with E-state index >= 15 is 0 Å². The highest BCUT2D eigenvalue weighted by Crippen LogP contribution is 2.29. The predicted octanol–water partition coefficient (Wildman–Crippen LogP) is 2.91. The molecule has 0 aromatic heterocycles. The summed E-state index contributed by atoms with van der Waals surface area (Å²) < 4.78 is 32.7. The monoisotopic (exact) mass is 461 g/mol. The van der Waals surface area contributed by atoms with Crippen molar-refractivity contribution in [1.82, 2.24) is 4.31 Å². The molecule has 1 aliphatic heterocycles. The van der Waals surface area contributed by atoms with E-state index < -0.39 is 14.9 Å². The van der Waals surface area contributed by atoms with Crippen molar-refractivity contribution in [2.75, 3.05) is 49.7 Å². The largest absolute Gasteiger partial charge is 0.379 e. The fourth-order valence-corrected chi connectivity index (χ4v) is 4.96. The molecule has 0 spiro atoms. The van der Waals surface area contributed by atoms with E-state index in [4.69, 9.17) is 4.74 Å². The molecule has 1 heterocycles. The number of hydrogen-bond acceptors (Lipinski definition) is 8. The van der Waals surface area contributed by atoms with Gasteiger partial charge in [0.1, 0.15) is 4.90 Å². The molecule has 0 bridgehead atoms. The van der Waals surface area contributed by atoms with Crippen molar-refractivity contribution in [1.29, 1.82) is 0 Å². The van der Waals surface area contributed by atoms with Gasteiger partial charge in [0.15, 0.2) is 0 Å². The summed E-state index contributed by atoms with van der Waals surface area (Å²) >= 11 is 0. The van der Waals surface area contributed by atoms with Gasteiger partial charge in [0.25, 0.3) is 5.69 Å². The van der Waals surface area contributed by atoms with E-state index in [1.807, 2.05) is 24.3 Å². The number of hydrogen-bond donors (Lipinski definition) is 1. The first-order valence-corrected chi connectivity index (χ1v) is 11.8. The summed E-state index contributed by atoms with van der Waals surface area (Å²) in [5.41, 5.74) is 4.52. The normalized spacial score (nSPS) is 15.1. The number of ether oxygens (including phenoxy) is 1. The van der Waals surface area contributed by atoms with Crippen LogP contribution in [0.3, 0.4) is 0 Å². The molecule has 1 saturated heterocycles. The van der Waals surface area contributed by atoms with Crippen LogP contribution in [0.4, 0.5) is 17.1 Å². The zero-order chi connectivity index (χ0) is 23.1. The average molecular weight is 462 g/mol. The minimum absolute atomic E-state index is 0.165. The lowest BCUT2D eigenvalue weighted by atomic mass is 10.2. The molecule has 2 aromatic carbocycles. The minimum Gasteiger partial charge on any atom is -0.379 e.